The van der Waals surface area contributed by atoms with E-state index in [0.29, 0.717) is 14.8 Å². The maximum absolute atomic E-state index is 12.4. The summed E-state index contributed by atoms with van der Waals surface area (Å²) in [6, 6.07) is 11.3. The third kappa shape index (κ3) is 4.37. The van der Waals surface area contributed by atoms with E-state index in [1.807, 2.05) is 0 Å². The zero-order valence-electron chi connectivity index (χ0n) is 13.2. The van der Waals surface area contributed by atoms with E-state index in [9.17, 15) is 14.4 Å². The number of benzene rings is 1. The van der Waals surface area contributed by atoms with Gasteiger partial charge in [-0.2, -0.15) is 0 Å². The lowest BCUT2D eigenvalue weighted by atomic mass is 10.1. The second-order valence-electron chi connectivity index (χ2n) is 5.10. The van der Waals surface area contributed by atoms with Crippen molar-refractivity contribution in [3.63, 3.8) is 0 Å². The van der Waals surface area contributed by atoms with Crippen LogP contribution in [0.4, 0.5) is 5.69 Å². The van der Waals surface area contributed by atoms with E-state index in [2.05, 4.69) is 5.32 Å². The van der Waals surface area contributed by atoms with Gasteiger partial charge in [-0.1, -0.05) is 23.7 Å². The molecule has 0 radical (unpaired) electrons. The molecule has 3 aromatic rings. The van der Waals surface area contributed by atoms with Gasteiger partial charge < -0.3 is 10.1 Å². The van der Waals surface area contributed by atoms with Crippen LogP contribution in [0.2, 0.25) is 5.02 Å². The number of halogens is 1. The van der Waals surface area contributed by atoms with Gasteiger partial charge in [-0.25, -0.2) is 4.79 Å². The molecule has 2 heterocycles. The third-order valence-electron chi connectivity index (χ3n) is 3.33. The lowest BCUT2D eigenvalue weighted by Gasteiger charge is -2.11. The molecule has 0 fully saturated rings. The zero-order chi connectivity index (χ0) is 18.5. The van der Waals surface area contributed by atoms with Crippen molar-refractivity contribution < 1.29 is 19.1 Å². The summed E-state index contributed by atoms with van der Waals surface area (Å²) >= 11 is 8.52. The Kier molecular flexibility index (Phi) is 5.82. The van der Waals surface area contributed by atoms with E-state index in [4.69, 9.17) is 16.3 Å². The first-order chi connectivity index (χ1) is 12.5. The van der Waals surface area contributed by atoms with Crippen molar-refractivity contribution in [3.05, 3.63) is 73.6 Å². The van der Waals surface area contributed by atoms with Gasteiger partial charge >= 0.3 is 5.97 Å². The Labute approximate surface area is 162 Å². The van der Waals surface area contributed by atoms with Crippen molar-refractivity contribution in [1.82, 2.24) is 0 Å². The van der Waals surface area contributed by atoms with Crippen LogP contribution in [0.1, 0.15) is 29.7 Å². The number of hydrogen-bond donors (Lipinski definition) is 1. The summed E-state index contributed by atoms with van der Waals surface area (Å²) in [4.78, 5) is 37.6. The van der Waals surface area contributed by atoms with Crippen LogP contribution in [-0.2, 0) is 4.74 Å². The van der Waals surface area contributed by atoms with Gasteiger partial charge in [0, 0.05) is 5.02 Å². The maximum Gasteiger partial charge on any atom is 0.340 e. The number of anilines is 1. The molecular weight excluding hydrogens is 394 g/mol. The summed E-state index contributed by atoms with van der Waals surface area (Å²) in [7, 11) is 0. The van der Waals surface area contributed by atoms with Gasteiger partial charge in [0.25, 0.3) is 5.91 Å². The number of carbonyl (C=O) groups excluding carboxylic acids is 3. The number of ether oxygens (including phenoxy) is 1. The van der Waals surface area contributed by atoms with Gasteiger partial charge in [-0.05, 0) is 41.1 Å². The predicted molar refractivity (Wildman–Crippen MR) is 103 cm³/mol. The standard InChI is InChI=1S/C18H12ClNO4S2/c19-11-5-6-12(13(9-11)20-17(22)16-4-2-8-26-16)18(23)24-10-14(21)15-3-1-7-25-15/h1-9H,10H2,(H,20,22). The predicted octanol–water partition coefficient (Wildman–Crippen LogP) is 4.76. The molecule has 0 spiro atoms. The molecule has 0 atom stereocenters. The fourth-order valence-electron chi connectivity index (χ4n) is 2.11. The Morgan fingerprint density at radius 3 is 2.35 bits per heavy atom. The molecular formula is C18H12ClNO4S2. The first kappa shape index (κ1) is 18.3. The molecule has 5 nitrogen and oxygen atoms in total. The Hall–Kier alpha value is -2.48. The Morgan fingerprint density at radius 1 is 1.00 bits per heavy atom. The number of amides is 1. The normalized spacial score (nSPS) is 10.3. The van der Waals surface area contributed by atoms with Gasteiger partial charge in [0.15, 0.2) is 6.61 Å². The highest BCUT2D eigenvalue weighted by Gasteiger charge is 2.18. The molecule has 132 valence electrons. The number of rotatable bonds is 6. The van der Waals surface area contributed by atoms with Gasteiger partial charge in [0.1, 0.15) is 0 Å². The van der Waals surface area contributed by atoms with Crippen molar-refractivity contribution >= 4 is 57.6 Å². The van der Waals surface area contributed by atoms with Crippen molar-refractivity contribution in [2.45, 2.75) is 0 Å². The first-order valence-corrected chi connectivity index (χ1v) is 9.56. The molecule has 0 saturated carbocycles. The molecule has 3 rings (SSSR count). The molecule has 0 saturated heterocycles. The van der Waals surface area contributed by atoms with Crippen LogP contribution in [0, 0.1) is 0 Å². The smallest absolute Gasteiger partial charge is 0.340 e. The minimum atomic E-state index is -0.715. The van der Waals surface area contributed by atoms with Crippen LogP contribution in [0.15, 0.2) is 53.2 Å². The maximum atomic E-state index is 12.4. The molecule has 0 aliphatic rings. The number of carbonyl (C=O) groups is 3. The van der Waals surface area contributed by atoms with E-state index >= 15 is 0 Å². The molecule has 0 unspecified atom stereocenters. The highest BCUT2D eigenvalue weighted by molar-refractivity contribution is 7.12. The lowest BCUT2D eigenvalue weighted by molar-refractivity contribution is 0.0477. The van der Waals surface area contributed by atoms with Crippen LogP contribution in [-0.4, -0.2) is 24.3 Å². The molecule has 0 bridgehead atoms. The quantitative estimate of drug-likeness (QED) is 0.474. The summed E-state index contributed by atoms with van der Waals surface area (Å²) in [5.74, 6) is -1.36. The fourth-order valence-corrected chi connectivity index (χ4v) is 3.55. The Balaban J connectivity index is 1.73. The van der Waals surface area contributed by atoms with Crippen LogP contribution < -0.4 is 5.32 Å². The van der Waals surface area contributed by atoms with Crippen LogP contribution in [0.25, 0.3) is 0 Å². The molecule has 1 N–H and O–H groups in total. The molecule has 1 amide bonds. The Bertz CT molecular complexity index is 936. The summed E-state index contributed by atoms with van der Waals surface area (Å²) in [6.45, 7) is -0.375. The molecule has 0 aliphatic carbocycles. The number of thiophene rings is 2. The topological polar surface area (TPSA) is 72.5 Å². The molecule has 2 aromatic heterocycles. The van der Waals surface area contributed by atoms with E-state index in [0.717, 1.165) is 0 Å². The second-order valence-corrected chi connectivity index (χ2v) is 7.43. The highest BCUT2D eigenvalue weighted by atomic mass is 35.5. The van der Waals surface area contributed by atoms with E-state index in [1.54, 1.807) is 35.0 Å². The fraction of sp³-hybridized carbons (Fsp3) is 0.0556. The monoisotopic (exact) mass is 405 g/mol. The first-order valence-electron chi connectivity index (χ1n) is 7.43. The molecule has 0 aliphatic heterocycles. The van der Waals surface area contributed by atoms with Gasteiger partial charge in [-0.15, -0.1) is 22.7 Å². The number of ketones is 1. The number of nitrogens with one attached hydrogen (secondary N) is 1. The minimum Gasteiger partial charge on any atom is -0.454 e. The van der Waals surface area contributed by atoms with Crippen molar-refractivity contribution in [3.8, 4) is 0 Å². The number of Topliss-reactive ketones (excluding diaryl/α,β-unsaturated/α-hetero) is 1. The number of esters is 1. The summed E-state index contributed by atoms with van der Waals surface area (Å²) < 4.78 is 5.09. The molecule has 8 heteroatoms. The Morgan fingerprint density at radius 2 is 1.69 bits per heavy atom. The lowest BCUT2D eigenvalue weighted by Crippen LogP contribution is -2.17. The minimum absolute atomic E-state index is 0.123. The summed E-state index contributed by atoms with van der Waals surface area (Å²) in [5.41, 5.74) is 0.350. The van der Waals surface area contributed by atoms with Crippen molar-refractivity contribution in [2.24, 2.45) is 0 Å². The van der Waals surface area contributed by atoms with Gasteiger partial charge in [-0.3, -0.25) is 9.59 Å². The third-order valence-corrected chi connectivity index (χ3v) is 5.34. The van der Waals surface area contributed by atoms with Crippen LogP contribution in [0.5, 0.6) is 0 Å². The van der Waals surface area contributed by atoms with E-state index in [-0.39, 0.29) is 29.5 Å². The van der Waals surface area contributed by atoms with E-state index in [1.165, 1.54) is 40.9 Å². The van der Waals surface area contributed by atoms with Gasteiger partial charge in [0.05, 0.1) is 21.0 Å². The van der Waals surface area contributed by atoms with Crippen molar-refractivity contribution in [2.75, 3.05) is 11.9 Å². The highest BCUT2D eigenvalue weighted by Crippen LogP contribution is 2.23. The second kappa shape index (κ2) is 8.27. The summed E-state index contributed by atoms with van der Waals surface area (Å²) in [6.07, 6.45) is 0. The van der Waals surface area contributed by atoms with Crippen molar-refractivity contribution in [1.29, 1.82) is 0 Å². The largest absolute Gasteiger partial charge is 0.454 e. The molecule has 1 aromatic carbocycles. The zero-order valence-corrected chi connectivity index (χ0v) is 15.6. The number of hydrogen-bond acceptors (Lipinski definition) is 6. The summed E-state index contributed by atoms with van der Waals surface area (Å²) in [5, 5.41) is 6.56. The van der Waals surface area contributed by atoms with Crippen LogP contribution >= 0.6 is 34.3 Å². The SMILES string of the molecule is O=C(COC(=O)c1ccc(Cl)cc1NC(=O)c1cccs1)c1cccs1. The van der Waals surface area contributed by atoms with E-state index < -0.39 is 5.97 Å². The average molecular weight is 406 g/mol. The average Bonchev–Trinajstić information content (AvgIpc) is 3.32. The van der Waals surface area contributed by atoms with Crippen LogP contribution in [0.3, 0.4) is 0 Å². The van der Waals surface area contributed by atoms with Gasteiger partial charge in [0.2, 0.25) is 5.78 Å². The molecule has 26 heavy (non-hydrogen) atoms.